The molecule has 3 aromatic rings. The van der Waals surface area contributed by atoms with Crippen LogP contribution in [0.5, 0.6) is 0 Å². The summed E-state index contributed by atoms with van der Waals surface area (Å²) in [6, 6.07) is 8.06. The smallest absolute Gasteiger partial charge is 0.250 e. The number of ether oxygens (including phenoxy) is 1. The summed E-state index contributed by atoms with van der Waals surface area (Å²) < 4.78 is 12.5. The summed E-state index contributed by atoms with van der Waals surface area (Å²) in [7, 11) is 0. The highest BCUT2D eigenvalue weighted by molar-refractivity contribution is 5.42. The Morgan fingerprint density at radius 2 is 2.00 bits per heavy atom. The number of anilines is 1. The van der Waals surface area contributed by atoms with Crippen LogP contribution in [0.3, 0.4) is 0 Å². The van der Waals surface area contributed by atoms with Crippen LogP contribution < -0.4 is 4.90 Å². The van der Waals surface area contributed by atoms with Crippen molar-refractivity contribution in [3.8, 4) is 5.69 Å². The Morgan fingerprint density at radius 3 is 2.75 bits per heavy atom. The van der Waals surface area contributed by atoms with Gasteiger partial charge in [0.2, 0.25) is 11.7 Å². The van der Waals surface area contributed by atoms with Gasteiger partial charge in [-0.3, -0.25) is 0 Å². The number of hydrogen-bond acceptors (Lipinski definition) is 8. The first-order valence-corrected chi connectivity index (χ1v) is 7.73. The largest absolute Gasteiger partial charge is 0.366 e. The molecule has 1 saturated heterocycles. The number of aromatic nitrogens is 6. The van der Waals surface area contributed by atoms with Crippen LogP contribution in [0.15, 0.2) is 28.8 Å². The van der Waals surface area contributed by atoms with Crippen LogP contribution in [-0.2, 0) is 4.74 Å². The number of rotatable bonds is 3. The fourth-order valence-electron chi connectivity index (χ4n) is 2.67. The summed E-state index contributed by atoms with van der Waals surface area (Å²) in [6.45, 7) is 5.60. The number of hydrogen-bond donors (Lipinski definition) is 0. The SMILES string of the molecule is Cc1ccc(-n2nnnc2N2CCO[C@H](c3noc(C)n3)C2)cc1. The van der Waals surface area contributed by atoms with Gasteiger partial charge in [-0.15, -0.1) is 0 Å². The fourth-order valence-corrected chi connectivity index (χ4v) is 2.67. The first-order chi connectivity index (χ1) is 11.7. The molecule has 1 aliphatic rings. The van der Waals surface area contributed by atoms with Crippen LogP contribution in [0.2, 0.25) is 0 Å². The van der Waals surface area contributed by atoms with Crippen molar-refractivity contribution in [3.63, 3.8) is 0 Å². The molecule has 1 atom stereocenters. The molecule has 0 saturated carbocycles. The van der Waals surface area contributed by atoms with Gasteiger partial charge in [-0.25, -0.2) is 0 Å². The van der Waals surface area contributed by atoms with E-state index in [4.69, 9.17) is 9.26 Å². The van der Waals surface area contributed by atoms with Crippen molar-refractivity contribution in [3.05, 3.63) is 41.5 Å². The lowest BCUT2D eigenvalue weighted by atomic mass is 10.2. The van der Waals surface area contributed by atoms with Crippen molar-refractivity contribution in [2.24, 2.45) is 0 Å². The number of morpholine rings is 1. The maximum absolute atomic E-state index is 5.76. The predicted molar refractivity (Wildman–Crippen MR) is 83.8 cm³/mol. The molecule has 0 unspecified atom stereocenters. The Hall–Kier alpha value is -2.81. The van der Waals surface area contributed by atoms with E-state index in [-0.39, 0.29) is 6.10 Å². The van der Waals surface area contributed by atoms with Gasteiger partial charge in [-0.2, -0.15) is 9.67 Å². The van der Waals surface area contributed by atoms with Crippen molar-refractivity contribution in [2.45, 2.75) is 20.0 Å². The Balaban J connectivity index is 1.60. The predicted octanol–water partition coefficient (Wildman–Crippen LogP) is 1.24. The summed E-state index contributed by atoms with van der Waals surface area (Å²) in [5.41, 5.74) is 2.10. The standard InChI is InChI=1S/C15H17N7O2/c1-10-3-5-12(6-4-10)22-15(17-19-20-22)21-7-8-23-13(9-21)14-16-11(2)24-18-14/h3-6,13H,7-9H2,1-2H3/t13-/m0/s1. The van der Waals surface area contributed by atoms with E-state index in [1.54, 1.807) is 11.6 Å². The van der Waals surface area contributed by atoms with Gasteiger partial charge >= 0.3 is 0 Å². The molecule has 1 aromatic carbocycles. The van der Waals surface area contributed by atoms with Crippen LogP contribution in [0.4, 0.5) is 5.95 Å². The van der Waals surface area contributed by atoms with E-state index in [0.717, 1.165) is 5.69 Å². The minimum atomic E-state index is -0.264. The maximum atomic E-state index is 5.76. The highest BCUT2D eigenvalue weighted by Crippen LogP contribution is 2.24. The van der Waals surface area contributed by atoms with Crippen molar-refractivity contribution in [1.29, 1.82) is 0 Å². The lowest BCUT2D eigenvalue weighted by molar-refractivity contribution is 0.0319. The molecular weight excluding hydrogens is 310 g/mol. The molecule has 0 N–H and O–H groups in total. The molecule has 0 radical (unpaired) electrons. The number of benzene rings is 1. The van der Waals surface area contributed by atoms with Crippen molar-refractivity contribution in [2.75, 3.05) is 24.6 Å². The quantitative estimate of drug-likeness (QED) is 0.709. The Morgan fingerprint density at radius 1 is 1.17 bits per heavy atom. The number of nitrogens with zero attached hydrogens (tertiary/aromatic N) is 7. The minimum absolute atomic E-state index is 0.264. The van der Waals surface area contributed by atoms with Gasteiger partial charge < -0.3 is 14.2 Å². The zero-order valence-corrected chi connectivity index (χ0v) is 13.5. The molecule has 4 rings (SSSR count). The average molecular weight is 327 g/mol. The summed E-state index contributed by atoms with van der Waals surface area (Å²) in [5, 5.41) is 16.1. The summed E-state index contributed by atoms with van der Waals surface area (Å²) >= 11 is 0. The van der Waals surface area contributed by atoms with Gasteiger partial charge in [0.25, 0.3) is 5.95 Å². The highest BCUT2D eigenvalue weighted by atomic mass is 16.5. The molecule has 9 nitrogen and oxygen atoms in total. The van der Waals surface area contributed by atoms with E-state index in [1.807, 2.05) is 31.2 Å². The molecule has 0 amide bonds. The lowest BCUT2D eigenvalue weighted by Crippen LogP contribution is -2.40. The van der Waals surface area contributed by atoms with E-state index in [2.05, 4.69) is 30.6 Å². The normalized spacial score (nSPS) is 18.1. The molecule has 1 fully saturated rings. The third kappa shape index (κ3) is 2.73. The van der Waals surface area contributed by atoms with Gasteiger partial charge in [0.15, 0.2) is 0 Å². The second-order valence-electron chi connectivity index (χ2n) is 5.70. The van der Waals surface area contributed by atoms with Gasteiger partial charge in [0.05, 0.1) is 18.8 Å². The number of tetrazole rings is 1. The van der Waals surface area contributed by atoms with Crippen molar-refractivity contribution >= 4 is 5.95 Å². The topological polar surface area (TPSA) is 95.0 Å². The zero-order chi connectivity index (χ0) is 16.5. The van der Waals surface area contributed by atoms with Gasteiger partial charge in [-0.05, 0) is 29.5 Å². The van der Waals surface area contributed by atoms with Gasteiger partial charge in [-0.1, -0.05) is 28.0 Å². The minimum Gasteiger partial charge on any atom is -0.366 e. The molecule has 0 aliphatic carbocycles. The van der Waals surface area contributed by atoms with Gasteiger partial charge in [0, 0.05) is 13.5 Å². The monoisotopic (exact) mass is 327 g/mol. The van der Waals surface area contributed by atoms with Gasteiger partial charge in [0.1, 0.15) is 6.10 Å². The first kappa shape index (κ1) is 14.8. The van der Waals surface area contributed by atoms with E-state index in [0.29, 0.717) is 37.4 Å². The summed E-state index contributed by atoms with van der Waals surface area (Å²) in [5.74, 6) is 1.74. The zero-order valence-electron chi connectivity index (χ0n) is 13.5. The van der Waals surface area contributed by atoms with E-state index >= 15 is 0 Å². The van der Waals surface area contributed by atoms with Crippen molar-refractivity contribution < 1.29 is 9.26 Å². The van der Waals surface area contributed by atoms with Crippen LogP contribution >= 0.6 is 0 Å². The molecule has 9 heteroatoms. The molecule has 124 valence electrons. The highest BCUT2D eigenvalue weighted by Gasteiger charge is 2.29. The maximum Gasteiger partial charge on any atom is 0.250 e. The molecule has 3 heterocycles. The molecule has 24 heavy (non-hydrogen) atoms. The first-order valence-electron chi connectivity index (χ1n) is 7.73. The summed E-state index contributed by atoms with van der Waals surface area (Å²) in [6.07, 6.45) is -0.264. The fraction of sp³-hybridized carbons (Fsp3) is 0.400. The van der Waals surface area contributed by atoms with E-state index < -0.39 is 0 Å². The van der Waals surface area contributed by atoms with E-state index in [1.165, 1.54) is 5.56 Å². The van der Waals surface area contributed by atoms with Crippen molar-refractivity contribution in [1.82, 2.24) is 30.3 Å². The van der Waals surface area contributed by atoms with Crippen LogP contribution in [-0.4, -0.2) is 50.0 Å². The Kier molecular flexibility index (Phi) is 3.69. The third-order valence-electron chi connectivity index (χ3n) is 3.91. The second-order valence-corrected chi connectivity index (χ2v) is 5.70. The molecular formula is C15H17N7O2. The molecule has 1 aliphatic heterocycles. The second kappa shape index (κ2) is 6.00. The van der Waals surface area contributed by atoms with Crippen LogP contribution in [0, 0.1) is 13.8 Å². The molecule has 0 bridgehead atoms. The Bertz CT molecular complexity index is 826. The number of aryl methyl sites for hydroxylation is 2. The summed E-state index contributed by atoms with van der Waals surface area (Å²) in [4.78, 5) is 6.32. The molecule has 2 aromatic heterocycles. The lowest BCUT2D eigenvalue weighted by Gasteiger charge is -2.31. The third-order valence-corrected chi connectivity index (χ3v) is 3.91. The average Bonchev–Trinajstić information content (AvgIpc) is 3.25. The Labute approximate surface area is 138 Å². The van der Waals surface area contributed by atoms with E-state index in [9.17, 15) is 0 Å². The van der Waals surface area contributed by atoms with Crippen LogP contribution in [0.25, 0.3) is 5.69 Å². The van der Waals surface area contributed by atoms with Crippen LogP contribution in [0.1, 0.15) is 23.4 Å². The molecule has 0 spiro atoms.